The third-order valence-corrected chi connectivity index (χ3v) is 5.80. The summed E-state index contributed by atoms with van der Waals surface area (Å²) in [5, 5.41) is 2.77. The van der Waals surface area contributed by atoms with Crippen LogP contribution in [0.2, 0.25) is 0 Å². The van der Waals surface area contributed by atoms with Gasteiger partial charge in [-0.15, -0.1) is 0 Å². The van der Waals surface area contributed by atoms with E-state index in [0.717, 1.165) is 36.6 Å². The number of carbonyl (C=O) groups is 2. The predicted octanol–water partition coefficient (Wildman–Crippen LogP) is 4.15. The molecule has 0 radical (unpaired) electrons. The summed E-state index contributed by atoms with van der Waals surface area (Å²) in [7, 11) is 0. The average Bonchev–Trinajstić information content (AvgIpc) is 2.75. The summed E-state index contributed by atoms with van der Waals surface area (Å²) in [4.78, 5) is 27.8. The summed E-state index contributed by atoms with van der Waals surface area (Å²) < 4.78 is 49.4. The first kappa shape index (κ1) is 27.6. The van der Waals surface area contributed by atoms with E-state index in [1.165, 1.54) is 6.07 Å². The van der Waals surface area contributed by atoms with Crippen molar-refractivity contribution >= 4 is 22.9 Å². The van der Waals surface area contributed by atoms with Gasteiger partial charge in [-0.2, -0.15) is 0 Å². The van der Waals surface area contributed by atoms with E-state index in [9.17, 15) is 27.1 Å². The third kappa shape index (κ3) is 8.61. The molecule has 0 aliphatic rings. The molecule has 0 fully saturated rings. The summed E-state index contributed by atoms with van der Waals surface area (Å²) in [5.74, 6) is -2.37. The fourth-order valence-corrected chi connectivity index (χ4v) is 4.30. The van der Waals surface area contributed by atoms with Crippen molar-refractivity contribution in [2.45, 2.75) is 52.5 Å². The van der Waals surface area contributed by atoms with Crippen molar-refractivity contribution in [2.75, 3.05) is 18.8 Å². The number of hydrogen-bond donors (Lipinski definition) is 1. The van der Waals surface area contributed by atoms with E-state index in [1.807, 2.05) is 13.8 Å². The average molecular weight is 494 g/mol. The van der Waals surface area contributed by atoms with Gasteiger partial charge in [0.15, 0.2) is 0 Å². The van der Waals surface area contributed by atoms with Crippen LogP contribution in [0, 0.1) is 18.6 Å². The lowest BCUT2D eigenvalue weighted by Gasteiger charge is -2.23. The Bertz CT molecular complexity index is 1010. The van der Waals surface area contributed by atoms with Gasteiger partial charge in [-0.05, 0) is 74.1 Å². The highest BCUT2D eigenvalue weighted by Gasteiger charge is 2.20. The number of amides is 2. The summed E-state index contributed by atoms with van der Waals surface area (Å²) in [6, 6.07) is 7.25. The van der Waals surface area contributed by atoms with Crippen molar-refractivity contribution in [3.05, 3.63) is 70.3 Å². The van der Waals surface area contributed by atoms with Gasteiger partial charge in [-0.25, -0.2) is 8.78 Å². The largest absolute Gasteiger partial charge is 0.772 e. The Labute approximate surface area is 202 Å². The maximum absolute atomic E-state index is 13.6. The molecule has 2 amide bonds. The smallest absolute Gasteiger partial charge is 0.253 e. The van der Waals surface area contributed by atoms with Gasteiger partial charge in [-0.1, -0.05) is 24.9 Å². The molecule has 0 spiro atoms. The summed E-state index contributed by atoms with van der Waals surface area (Å²) >= 11 is -2.33. The topological polar surface area (TPSA) is 89.5 Å². The fourth-order valence-electron chi connectivity index (χ4n) is 3.82. The molecule has 0 bridgehead atoms. The van der Waals surface area contributed by atoms with Gasteiger partial charge in [0, 0.05) is 42.1 Å². The Kier molecular flexibility index (Phi) is 10.8. The van der Waals surface area contributed by atoms with E-state index in [4.69, 9.17) is 0 Å². The summed E-state index contributed by atoms with van der Waals surface area (Å²) in [5.41, 5.74) is 1.69. The van der Waals surface area contributed by atoms with Crippen LogP contribution in [0.15, 0.2) is 36.4 Å². The number of aryl methyl sites for hydroxylation is 1. The predicted molar refractivity (Wildman–Crippen MR) is 127 cm³/mol. The lowest BCUT2D eigenvalue weighted by molar-refractivity contribution is 0.0755. The molecule has 6 nitrogen and oxygen atoms in total. The Morgan fingerprint density at radius 2 is 1.59 bits per heavy atom. The molecule has 0 heterocycles. The molecule has 2 aromatic carbocycles. The van der Waals surface area contributed by atoms with Gasteiger partial charge in [0.1, 0.15) is 11.6 Å². The summed E-state index contributed by atoms with van der Waals surface area (Å²) in [6.45, 7) is 6.99. The molecule has 0 aliphatic heterocycles. The van der Waals surface area contributed by atoms with Gasteiger partial charge in [0.25, 0.3) is 11.8 Å². The molecule has 2 atom stereocenters. The molecule has 9 heteroatoms. The molecule has 34 heavy (non-hydrogen) atoms. The Hall–Kier alpha value is -2.65. The highest BCUT2D eigenvalue weighted by atomic mass is 32.2. The van der Waals surface area contributed by atoms with Crippen LogP contribution >= 0.6 is 0 Å². The second kappa shape index (κ2) is 13.3. The first-order chi connectivity index (χ1) is 16.1. The zero-order valence-corrected chi connectivity index (χ0v) is 20.6. The van der Waals surface area contributed by atoms with Crippen molar-refractivity contribution in [1.29, 1.82) is 0 Å². The molecule has 0 saturated heterocycles. The van der Waals surface area contributed by atoms with Crippen LogP contribution in [0.1, 0.15) is 65.0 Å². The van der Waals surface area contributed by atoms with Crippen molar-refractivity contribution in [1.82, 2.24) is 10.2 Å². The van der Waals surface area contributed by atoms with Crippen LogP contribution < -0.4 is 5.32 Å². The summed E-state index contributed by atoms with van der Waals surface area (Å²) in [6.07, 6.45) is 1.75. The molecule has 0 aliphatic carbocycles. The molecular formula is C25H31F2N2O4S-. The zero-order chi connectivity index (χ0) is 25.3. The minimum atomic E-state index is -2.33. The van der Waals surface area contributed by atoms with Gasteiger partial charge >= 0.3 is 0 Å². The molecule has 2 rings (SSSR count). The maximum atomic E-state index is 13.6. The van der Waals surface area contributed by atoms with E-state index < -0.39 is 34.7 Å². The third-order valence-electron chi connectivity index (χ3n) is 5.23. The normalized spacial score (nSPS) is 12.8. The van der Waals surface area contributed by atoms with Crippen LogP contribution in [0.4, 0.5) is 8.78 Å². The number of nitrogens with one attached hydrogen (secondary N) is 1. The van der Waals surface area contributed by atoms with Crippen LogP contribution in [0.3, 0.4) is 0 Å². The van der Waals surface area contributed by atoms with Crippen LogP contribution in [-0.4, -0.2) is 50.4 Å². The quantitative estimate of drug-likeness (QED) is 0.450. The van der Waals surface area contributed by atoms with Crippen LogP contribution in [0.5, 0.6) is 0 Å². The highest BCUT2D eigenvalue weighted by Crippen LogP contribution is 2.16. The van der Waals surface area contributed by atoms with E-state index in [-0.39, 0.29) is 30.1 Å². The van der Waals surface area contributed by atoms with E-state index in [0.29, 0.717) is 24.2 Å². The molecule has 0 aromatic heterocycles. The van der Waals surface area contributed by atoms with E-state index in [2.05, 4.69) is 5.32 Å². The number of nitrogens with zero attached hydrogens (tertiary/aromatic N) is 1. The number of hydrogen-bond acceptors (Lipinski definition) is 4. The fraction of sp³-hybridized carbons (Fsp3) is 0.440. The number of rotatable bonds is 12. The first-order valence-corrected chi connectivity index (χ1v) is 12.6. The minimum Gasteiger partial charge on any atom is -0.772 e. The Morgan fingerprint density at radius 1 is 1.00 bits per heavy atom. The zero-order valence-electron chi connectivity index (χ0n) is 19.7. The van der Waals surface area contributed by atoms with Gasteiger partial charge in [0.2, 0.25) is 0 Å². The van der Waals surface area contributed by atoms with E-state index in [1.54, 1.807) is 24.0 Å². The number of halogens is 2. The van der Waals surface area contributed by atoms with Crippen molar-refractivity contribution in [3.8, 4) is 0 Å². The second-order valence-corrected chi connectivity index (χ2v) is 9.34. The molecule has 186 valence electrons. The lowest BCUT2D eigenvalue weighted by Crippen LogP contribution is -2.38. The van der Waals surface area contributed by atoms with Gasteiger partial charge in [-0.3, -0.25) is 13.8 Å². The standard InChI is InChI=1S/C25H32F2N2O4S/c1-4-7-29(8-5-2)25(31)20-11-17(3)10-19(15-20)24(30)28-23(6-9-34(32)33)14-18-12-21(26)16-22(27)13-18/h10-13,15-16,23H,4-9,14H2,1-3H3,(H,28,30)(H,32,33)/p-1. The van der Waals surface area contributed by atoms with Gasteiger partial charge < -0.3 is 14.8 Å². The van der Waals surface area contributed by atoms with Crippen molar-refractivity contribution < 1.29 is 27.1 Å². The SMILES string of the molecule is CCCN(CCC)C(=O)c1cc(C)cc(C(=O)NC(CCS(=O)[O-])Cc2cc(F)cc(F)c2)c1. The highest BCUT2D eigenvalue weighted by molar-refractivity contribution is 7.79. The monoisotopic (exact) mass is 493 g/mol. The second-order valence-electron chi connectivity index (χ2n) is 8.33. The molecule has 2 aromatic rings. The van der Waals surface area contributed by atoms with Crippen molar-refractivity contribution in [3.63, 3.8) is 0 Å². The van der Waals surface area contributed by atoms with Crippen molar-refractivity contribution in [2.24, 2.45) is 0 Å². The lowest BCUT2D eigenvalue weighted by atomic mass is 10.0. The molecule has 1 N–H and O–H groups in total. The Balaban J connectivity index is 2.26. The van der Waals surface area contributed by atoms with E-state index >= 15 is 0 Å². The molecule has 2 unspecified atom stereocenters. The molecule has 0 saturated carbocycles. The van der Waals surface area contributed by atoms with Crippen LogP contribution in [-0.2, 0) is 17.5 Å². The number of carbonyl (C=O) groups excluding carboxylic acids is 2. The molecular weight excluding hydrogens is 462 g/mol. The van der Waals surface area contributed by atoms with Crippen LogP contribution in [0.25, 0.3) is 0 Å². The minimum absolute atomic E-state index is 0.0516. The number of benzene rings is 2. The van der Waals surface area contributed by atoms with Gasteiger partial charge in [0.05, 0.1) is 0 Å². The first-order valence-electron chi connectivity index (χ1n) is 11.4. The Morgan fingerprint density at radius 3 is 2.15 bits per heavy atom. The maximum Gasteiger partial charge on any atom is 0.253 e.